The van der Waals surface area contributed by atoms with Crippen LogP contribution < -0.4 is 4.74 Å². The Morgan fingerprint density at radius 1 is 1.56 bits per heavy atom. The van der Waals surface area contributed by atoms with Gasteiger partial charge in [-0.3, -0.25) is 9.78 Å². The van der Waals surface area contributed by atoms with Gasteiger partial charge < -0.3 is 9.64 Å². The number of hydrogen-bond donors (Lipinski definition) is 0. The predicted molar refractivity (Wildman–Crippen MR) is 67.6 cm³/mol. The van der Waals surface area contributed by atoms with E-state index in [1.165, 1.54) is 0 Å². The number of ether oxygens (including phenoxy) is 1. The molecule has 0 aromatic carbocycles. The molecule has 0 bridgehead atoms. The van der Waals surface area contributed by atoms with Crippen LogP contribution in [0.1, 0.15) is 19.3 Å². The van der Waals surface area contributed by atoms with Crippen molar-refractivity contribution in [3.63, 3.8) is 0 Å². The number of amides is 1. The zero-order valence-electron chi connectivity index (χ0n) is 10.1. The number of hydrogen-bond acceptors (Lipinski definition) is 4. The molecule has 0 saturated carbocycles. The largest absolute Gasteiger partial charge is 0.471 e. The molecule has 1 aromatic heterocycles. The van der Waals surface area contributed by atoms with Gasteiger partial charge in [0.25, 0.3) is 0 Å². The fourth-order valence-corrected chi connectivity index (χ4v) is 2.08. The first-order valence-electron chi connectivity index (χ1n) is 6.06. The van der Waals surface area contributed by atoms with Crippen molar-refractivity contribution >= 4 is 17.5 Å². The molecule has 0 aliphatic carbocycles. The first kappa shape index (κ1) is 13.1. The predicted octanol–water partition coefficient (Wildman–Crippen LogP) is 1.48. The van der Waals surface area contributed by atoms with Crippen LogP contribution in [-0.4, -0.2) is 45.8 Å². The van der Waals surface area contributed by atoms with Gasteiger partial charge in [0.15, 0.2) is 0 Å². The topological polar surface area (TPSA) is 55.3 Å². The second-order valence-electron chi connectivity index (χ2n) is 4.20. The molecular weight excluding hydrogens is 254 g/mol. The first-order chi connectivity index (χ1) is 8.79. The van der Waals surface area contributed by atoms with Gasteiger partial charge in [0.05, 0.1) is 12.7 Å². The van der Waals surface area contributed by atoms with Gasteiger partial charge in [-0.25, -0.2) is 4.98 Å². The van der Waals surface area contributed by atoms with E-state index in [0.29, 0.717) is 24.7 Å². The van der Waals surface area contributed by atoms with Crippen LogP contribution in [0.15, 0.2) is 18.6 Å². The second kappa shape index (κ2) is 6.54. The Hall–Kier alpha value is -1.36. The van der Waals surface area contributed by atoms with E-state index in [9.17, 15) is 4.79 Å². The van der Waals surface area contributed by atoms with E-state index >= 15 is 0 Å². The van der Waals surface area contributed by atoms with Gasteiger partial charge in [-0.2, -0.15) is 0 Å². The Balaban J connectivity index is 1.80. The van der Waals surface area contributed by atoms with Crippen LogP contribution in [0.4, 0.5) is 0 Å². The Kier molecular flexibility index (Phi) is 4.75. The Labute approximate surface area is 111 Å². The summed E-state index contributed by atoms with van der Waals surface area (Å²) in [6.45, 7) is 1.36. The van der Waals surface area contributed by atoms with Crippen molar-refractivity contribution in [3.05, 3.63) is 18.6 Å². The van der Waals surface area contributed by atoms with E-state index in [1.54, 1.807) is 18.6 Å². The highest BCUT2D eigenvalue weighted by molar-refractivity contribution is 6.17. The third-order valence-corrected chi connectivity index (χ3v) is 3.12. The van der Waals surface area contributed by atoms with E-state index in [2.05, 4.69) is 9.97 Å². The minimum atomic E-state index is 0.0154. The summed E-state index contributed by atoms with van der Waals surface area (Å²) in [5.41, 5.74) is 0. The minimum absolute atomic E-state index is 0.0154. The summed E-state index contributed by atoms with van der Waals surface area (Å²) in [6.07, 6.45) is 6.87. The van der Waals surface area contributed by atoms with Crippen LogP contribution in [-0.2, 0) is 4.79 Å². The Morgan fingerprint density at radius 2 is 2.44 bits per heavy atom. The highest BCUT2D eigenvalue weighted by atomic mass is 35.5. The summed E-state index contributed by atoms with van der Waals surface area (Å²) in [6, 6.07) is 0. The smallest absolute Gasteiger partial charge is 0.232 e. The van der Waals surface area contributed by atoms with Crippen molar-refractivity contribution in [2.24, 2.45) is 0 Å². The highest BCUT2D eigenvalue weighted by Gasteiger charge is 2.27. The van der Waals surface area contributed by atoms with Crippen molar-refractivity contribution in [1.82, 2.24) is 14.9 Å². The van der Waals surface area contributed by atoms with Crippen molar-refractivity contribution in [2.75, 3.05) is 19.0 Å². The van der Waals surface area contributed by atoms with Crippen LogP contribution >= 0.6 is 11.6 Å². The van der Waals surface area contributed by atoms with E-state index in [-0.39, 0.29) is 12.0 Å². The lowest BCUT2D eigenvalue weighted by Crippen LogP contribution is -2.30. The lowest BCUT2D eigenvalue weighted by atomic mass is 10.3. The van der Waals surface area contributed by atoms with E-state index in [0.717, 1.165) is 19.4 Å². The fraction of sp³-hybridized carbons (Fsp3) is 0.583. The molecule has 1 amide bonds. The van der Waals surface area contributed by atoms with Crippen LogP contribution in [0.2, 0.25) is 0 Å². The molecule has 1 aliphatic rings. The van der Waals surface area contributed by atoms with E-state index in [1.807, 2.05) is 4.90 Å². The standard InChI is InChI=1S/C12H16ClN3O2/c13-4-1-2-12(17)16-7-3-10(9-16)18-11-8-14-5-6-15-11/h5-6,8,10H,1-4,7,9H2. The maximum Gasteiger partial charge on any atom is 0.232 e. The second-order valence-corrected chi connectivity index (χ2v) is 4.58. The number of carbonyl (C=O) groups excluding carboxylic acids is 1. The summed E-state index contributed by atoms with van der Waals surface area (Å²) in [5.74, 6) is 1.19. The lowest BCUT2D eigenvalue weighted by molar-refractivity contribution is -0.130. The van der Waals surface area contributed by atoms with Gasteiger partial charge in [0.1, 0.15) is 6.10 Å². The molecule has 0 N–H and O–H groups in total. The summed E-state index contributed by atoms with van der Waals surface area (Å²) >= 11 is 5.58. The highest BCUT2D eigenvalue weighted by Crippen LogP contribution is 2.16. The Bertz CT molecular complexity index is 388. The molecule has 98 valence electrons. The quantitative estimate of drug-likeness (QED) is 0.760. The SMILES string of the molecule is O=C(CCCCl)N1CCC(Oc2cnccn2)C1. The summed E-state index contributed by atoms with van der Waals surface area (Å²) in [4.78, 5) is 21.6. The van der Waals surface area contributed by atoms with Gasteiger partial charge in [0.2, 0.25) is 11.8 Å². The molecule has 1 fully saturated rings. The molecule has 18 heavy (non-hydrogen) atoms. The number of aromatic nitrogens is 2. The number of likely N-dealkylation sites (tertiary alicyclic amines) is 1. The maximum atomic E-state index is 11.8. The molecular formula is C12H16ClN3O2. The minimum Gasteiger partial charge on any atom is -0.471 e. The van der Waals surface area contributed by atoms with Gasteiger partial charge in [0, 0.05) is 37.7 Å². The zero-order valence-corrected chi connectivity index (χ0v) is 10.8. The number of rotatable bonds is 5. The van der Waals surface area contributed by atoms with Crippen molar-refractivity contribution in [1.29, 1.82) is 0 Å². The van der Waals surface area contributed by atoms with E-state index < -0.39 is 0 Å². The molecule has 5 nitrogen and oxygen atoms in total. The van der Waals surface area contributed by atoms with Crippen LogP contribution in [0, 0.1) is 0 Å². The summed E-state index contributed by atoms with van der Waals surface area (Å²) in [7, 11) is 0. The van der Waals surface area contributed by atoms with Crippen molar-refractivity contribution in [3.8, 4) is 5.88 Å². The zero-order chi connectivity index (χ0) is 12.8. The molecule has 1 saturated heterocycles. The average molecular weight is 270 g/mol. The molecule has 2 heterocycles. The number of halogens is 1. The first-order valence-corrected chi connectivity index (χ1v) is 6.59. The van der Waals surface area contributed by atoms with Crippen molar-refractivity contribution in [2.45, 2.75) is 25.4 Å². The maximum absolute atomic E-state index is 11.8. The lowest BCUT2D eigenvalue weighted by Gasteiger charge is -2.16. The number of carbonyl (C=O) groups is 1. The molecule has 0 radical (unpaired) electrons. The molecule has 1 aliphatic heterocycles. The van der Waals surface area contributed by atoms with Gasteiger partial charge >= 0.3 is 0 Å². The monoisotopic (exact) mass is 269 g/mol. The van der Waals surface area contributed by atoms with Gasteiger partial charge in [-0.15, -0.1) is 11.6 Å². The molecule has 0 spiro atoms. The fourth-order valence-electron chi connectivity index (χ4n) is 1.94. The number of nitrogens with zero attached hydrogens (tertiary/aromatic N) is 3. The molecule has 6 heteroatoms. The van der Waals surface area contributed by atoms with Crippen LogP contribution in [0.25, 0.3) is 0 Å². The summed E-state index contributed by atoms with van der Waals surface area (Å²) in [5, 5.41) is 0. The van der Waals surface area contributed by atoms with Gasteiger partial charge in [-0.1, -0.05) is 0 Å². The third kappa shape index (κ3) is 3.57. The third-order valence-electron chi connectivity index (χ3n) is 2.85. The average Bonchev–Trinajstić information content (AvgIpc) is 2.86. The molecule has 2 rings (SSSR count). The van der Waals surface area contributed by atoms with Gasteiger partial charge in [-0.05, 0) is 6.42 Å². The van der Waals surface area contributed by atoms with E-state index in [4.69, 9.17) is 16.3 Å². The van der Waals surface area contributed by atoms with Crippen molar-refractivity contribution < 1.29 is 9.53 Å². The Morgan fingerprint density at radius 3 is 3.17 bits per heavy atom. The number of alkyl halides is 1. The summed E-state index contributed by atoms with van der Waals surface area (Å²) < 4.78 is 5.67. The molecule has 1 aromatic rings. The van der Waals surface area contributed by atoms with Crippen LogP contribution in [0.5, 0.6) is 5.88 Å². The molecule has 1 unspecified atom stereocenters. The van der Waals surface area contributed by atoms with Crippen LogP contribution in [0.3, 0.4) is 0 Å². The normalized spacial score (nSPS) is 18.9. The molecule has 1 atom stereocenters.